The summed E-state index contributed by atoms with van der Waals surface area (Å²) in [4.78, 5) is 11.4. The number of hydrogen-bond acceptors (Lipinski definition) is 5. The van der Waals surface area contributed by atoms with Crippen molar-refractivity contribution in [2.24, 2.45) is 0 Å². The fourth-order valence-electron chi connectivity index (χ4n) is 2.08. The molecule has 0 radical (unpaired) electrons. The average molecular weight is 429 g/mol. The maximum atomic E-state index is 14.6. The van der Waals surface area contributed by atoms with Crippen LogP contribution in [0.15, 0.2) is 24.3 Å². The predicted molar refractivity (Wildman–Crippen MR) is 91.5 cm³/mol. The maximum absolute atomic E-state index is 14.6. The second kappa shape index (κ2) is 5.76. The van der Waals surface area contributed by atoms with Crippen LogP contribution < -0.4 is 5.32 Å². The van der Waals surface area contributed by atoms with Crippen LogP contribution in [0.5, 0.6) is 0 Å². The Morgan fingerprint density at radius 3 is 2.86 bits per heavy atom. The first-order valence-electron chi connectivity index (χ1n) is 6.18. The van der Waals surface area contributed by atoms with Gasteiger partial charge in [-0.05, 0) is 70.9 Å². The van der Waals surface area contributed by atoms with Gasteiger partial charge in [-0.2, -0.15) is 0 Å². The molecule has 2 aromatic carbocycles. The summed E-state index contributed by atoms with van der Waals surface area (Å²) in [6.07, 6.45) is 0. The zero-order valence-electron chi connectivity index (χ0n) is 11.2. The number of carbonyl (C=O) groups is 1. The van der Waals surface area contributed by atoms with E-state index in [1.54, 1.807) is 6.07 Å². The molecule has 0 atom stereocenters. The lowest BCUT2D eigenvalue weighted by molar-refractivity contribution is 0.0697. The highest BCUT2D eigenvalue weighted by Crippen LogP contribution is 2.33. The SMILES string of the molecule is Cc1cc(I)ccc1Nc1c(C(=O)O)cc2nnsc2c1F. The van der Waals surface area contributed by atoms with E-state index in [4.69, 9.17) is 0 Å². The first-order chi connectivity index (χ1) is 10.5. The van der Waals surface area contributed by atoms with E-state index in [9.17, 15) is 14.3 Å². The normalized spacial score (nSPS) is 10.9. The Labute approximate surface area is 142 Å². The number of hydrogen-bond donors (Lipinski definition) is 2. The van der Waals surface area contributed by atoms with E-state index < -0.39 is 11.8 Å². The van der Waals surface area contributed by atoms with Gasteiger partial charge in [0, 0.05) is 9.26 Å². The lowest BCUT2D eigenvalue weighted by Gasteiger charge is -2.13. The summed E-state index contributed by atoms with van der Waals surface area (Å²) < 4.78 is 19.6. The number of fused-ring (bicyclic) bond motifs is 1. The van der Waals surface area contributed by atoms with Crippen LogP contribution in [0.4, 0.5) is 15.8 Å². The third-order valence-electron chi connectivity index (χ3n) is 3.16. The van der Waals surface area contributed by atoms with E-state index in [1.807, 2.05) is 19.1 Å². The molecule has 22 heavy (non-hydrogen) atoms. The van der Waals surface area contributed by atoms with Gasteiger partial charge >= 0.3 is 5.97 Å². The summed E-state index contributed by atoms with van der Waals surface area (Å²) in [6.45, 7) is 1.87. The molecule has 112 valence electrons. The number of nitrogens with one attached hydrogen (secondary N) is 1. The van der Waals surface area contributed by atoms with Gasteiger partial charge in [0.2, 0.25) is 0 Å². The topological polar surface area (TPSA) is 75.1 Å². The van der Waals surface area contributed by atoms with Gasteiger partial charge in [0.05, 0.1) is 11.3 Å². The van der Waals surface area contributed by atoms with Crippen LogP contribution in [-0.2, 0) is 0 Å². The maximum Gasteiger partial charge on any atom is 0.338 e. The summed E-state index contributed by atoms with van der Waals surface area (Å²) in [5.74, 6) is -1.87. The first-order valence-corrected chi connectivity index (χ1v) is 8.03. The van der Waals surface area contributed by atoms with Gasteiger partial charge in [0.25, 0.3) is 0 Å². The van der Waals surface area contributed by atoms with E-state index in [2.05, 4.69) is 37.5 Å². The van der Waals surface area contributed by atoms with Crippen LogP contribution in [-0.4, -0.2) is 20.7 Å². The molecule has 2 N–H and O–H groups in total. The number of aryl methyl sites for hydroxylation is 1. The van der Waals surface area contributed by atoms with Gasteiger partial charge in [-0.1, -0.05) is 4.49 Å². The largest absolute Gasteiger partial charge is 0.478 e. The average Bonchev–Trinajstić information content (AvgIpc) is 2.92. The van der Waals surface area contributed by atoms with Gasteiger partial charge in [0.1, 0.15) is 10.2 Å². The zero-order valence-corrected chi connectivity index (χ0v) is 14.2. The molecule has 3 rings (SSSR count). The number of nitrogens with zero attached hydrogens (tertiary/aromatic N) is 2. The van der Waals surface area contributed by atoms with Crippen LogP contribution in [0.25, 0.3) is 10.2 Å². The molecule has 3 aromatic rings. The van der Waals surface area contributed by atoms with Gasteiger partial charge < -0.3 is 10.4 Å². The fourth-order valence-corrected chi connectivity index (χ4v) is 3.31. The van der Waals surface area contributed by atoms with Gasteiger partial charge in [-0.25, -0.2) is 9.18 Å². The highest BCUT2D eigenvalue weighted by molar-refractivity contribution is 14.1. The standard InChI is InChI=1S/C14H9FIN3O2S/c1-6-4-7(16)2-3-9(6)17-12-8(14(20)21)5-10-13(11(12)15)22-19-18-10/h2-5,17H,1H3,(H,20,21). The molecule has 0 saturated heterocycles. The van der Waals surface area contributed by atoms with Crippen molar-refractivity contribution in [3.05, 3.63) is 44.8 Å². The van der Waals surface area contributed by atoms with Gasteiger partial charge in [-0.3, -0.25) is 0 Å². The fraction of sp³-hybridized carbons (Fsp3) is 0.0714. The van der Waals surface area contributed by atoms with E-state index in [1.165, 1.54) is 6.07 Å². The Balaban J connectivity index is 2.18. The smallest absolute Gasteiger partial charge is 0.338 e. The second-order valence-electron chi connectivity index (χ2n) is 4.62. The van der Waals surface area contributed by atoms with E-state index in [0.29, 0.717) is 5.69 Å². The number of aromatic nitrogens is 2. The van der Waals surface area contributed by atoms with Crippen molar-refractivity contribution in [3.8, 4) is 0 Å². The monoisotopic (exact) mass is 429 g/mol. The van der Waals surface area contributed by atoms with Crippen LogP contribution in [0, 0.1) is 16.3 Å². The van der Waals surface area contributed by atoms with E-state index in [0.717, 1.165) is 20.7 Å². The summed E-state index contributed by atoms with van der Waals surface area (Å²) in [5, 5.41) is 16.0. The van der Waals surface area contributed by atoms with E-state index in [-0.39, 0.29) is 21.5 Å². The molecule has 1 heterocycles. The Bertz CT molecular complexity index is 897. The first kappa shape index (κ1) is 15.1. The third kappa shape index (κ3) is 2.63. The van der Waals surface area contributed by atoms with Gasteiger partial charge in [-0.15, -0.1) is 5.10 Å². The Morgan fingerprint density at radius 2 is 2.18 bits per heavy atom. The Kier molecular flexibility index (Phi) is 3.96. The van der Waals surface area contributed by atoms with Crippen molar-refractivity contribution in [1.82, 2.24) is 9.59 Å². The molecule has 0 bridgehead atoms. The number of benzene rings is 2. The highest BCUT2D eigenvalue weighted by Gasteiger charge is 2.21. The molecule has 0 aliphatic heterocycles. The van der Waals surface area contributed by atoms with Crippen molar-refractivity contribution < 1.29 is 14.3 Å². The molecule has 0 saturated carbocycles. The van der Waals surface area contributed by atoms with Crippen molar-refractivity contribution >= 4 is 61.7 Å². The summed E-state index contributed by atoms with van der Waals surface area (Å²) in [6, 6.07) is 6.90. The molecule has 0 amide bonds. The quantitative estimate of drug-likeness (QED) is 0.611. The Morgan fingerprint density at radius 1 is 1.41 bits per heavy atom. The second-order valence-corrected chi connectivity index (χ2v) is 6.62. The third-order valence-corrected chi connectivity index (χ3v) is 4.57. The number of aromatic carboxylic acids is 1. The minimum Gasteiger partial charge on any atom is -0.478 e. The molecule has 0 aliphatic rings. The minimum atomic E-state index is -1.22. The summed E-state index contributed by atoms with van der Waals surface area (Å²) in [7, 11) is 0. The lowest BCUT2D eigenvalue weighted by Crippen LogP contribution is -2.06. The van der Waals surface area contributed by atoms with Crippen molar-refractivity contribution in [1.29, 1.82) is 0 Å². The van der Waals surface area contributed by atoms with Crippen LogP contribution in [0.1, 0.15) is 15.9 Å². The number of carboxylic acid groups (broad SMARTS) is 1. The number of halogens is 2. The van der Waals surface area contributed by atoms with Crippen LogP contribution in [0.3, 0.4) is 0 Å². The number of rotatable bonds is 3. The molecule has 0 spiro atoms. The minimum absolute atomic E-state index is 0.0737. The summed E-state index contributed by atoms with van der Waals surface area (Å²) in [5.41, 5.74) is 1.54. The van der Waals surface area contributed by atoms with Gasteiger partial charge in [0.15, 0.2) is 5.82 Å². The molecule has 8 heteroatoms. The number of anilines is 2. The molecule has 0 aliphatic carbocycles. The van der Waals surface area contributed by atoms with E-state index >= 15 is 0 Å². The molecular formula is C14H9FIN3O2S. The van der Waals surface area contributed by atoms with Crippen LogP contribution >= 0.6 is 34.1 Å². The Hall–Kier alpha value is -1.81. The number of carboxylic acids is 1. The predicted octanol–water partition coefficient (Wildman–Crippen LogP) is 4.19. The van der Waals surface area contributed by atoms with Crippen LogP contribution in [0.2, 0.25) is 0 Å². The molecule has 0 unspecified atom stereocenters. The van der Waals surface area contributed by atoms with Crippen molar-refractivity contribution in [2.75, 3.05) is 5.32 Å². The molecular weight excluding hydrogens is 420 g/mol. The summed E-state index contributed by atoms with van der Waals surface area (Å²) >= 11 is 3.07. The van der Waals surface area contributed by atoms with Crippen molar-refractivity contribution in [2.45, 2.75) is 6.92 Å². The van der Waals surface area contributed by atoms with Crippen molar-refractivity contribution in [3.63, 3.8) is 0 Å². The molecule has 1 aromatic heterocycles. The molecule has 5 nitrogen and oxygen atoms in total. The lowest BCUT2D eigenvalue weighted by atomic mass is 10.1. The zero-order chi connectivity index (χ0) is 15.9. The highest BCUT2D eigenvalue weighted by atomic mass is 127. The molecule has 0 fully saturated rings.